The molecular weight excluding hydrogens is 369 g/mol. The fraction of sp³-hybridized carbons (Fsp3) is 0.474. The van der Waals surface area contributed by atoms with Crippen LogP contribution in [0.3, 0.4) is 0 Å². The van der Waals surface area contributed by atoms with Gasteiger partial charge in [0.15, 0.2) is 0 Å². The molecule has 0 saturated heterocycles. The van der Waals surface area contributed by atoms with Gasteiger partial charge in [0.05, 0.1) is 28.3 Å². The predicted molar refractivity (Wildman–Crippen MR) is 109 cm³/mol. The average Bonchev–Trinajstić information content (AvgIpc) is 3.04. The number of halogens is 2. The fourth-order valence-electron chi connectivity index (χ4n) is 3.90. The summed E-state index contributed by atoms with van der Waals surface area (Å²) < 4.78 is 2.01. The number of nitrogens with zero attached hydrogens (tertiary/aromatic N) is 3. The van der Waals surface area contributed by atoms with Gasteiger partial charge in [0.25, 0.3) is 0 Å². The minimum Gasteiger partial charge on any atom is -0.356 e. The van der Waals surface area contributed by atoms with E-state index in [1.165, 1.54) is 19.3 Å². The Kier molecular flexibility index (Phi) is 4.84. The van der Waals surface area contributed by atoms with E-state index in [0.29, 0.717) is 16.6 Å². The molecule has 0 unspecified atom stereocenters. The molecule has 1 aromatic heterocycles. The van der Waals surface area contributed by atoms with Crippen LogP contribution in [-0.4, -0.2) is 21.2 Å². The Hall–Kier alpha value is -1.72. The second-order valence-corrected chi connectivity index (χ2v) is 7.84. The Morgan fingerprint density at radius 3 is 2.73 bits per heavy atom. The topological polar surface area (TPSA) is 54.2 Å². The lowest BCUT2D eigenvalue weighted by Crippen LogP contribution is -2.54. The Morgan fingerprint density at radius 1 is 1.19 bits per heavy atom. The first-order chi connectivity index (χ1) is 12.6. The summed E-state index contributed by atoms with van der Waals surface area (Å²) in [6.45, 7) is 3.52. The highest BCUT2D eigenvalue weighted by molar-refractivity contribution is 6.42. The molecule has 2 aliphatic rings. The van der Waals surface area contributed by atoms with Crippen LogP contribution in [0.2, 0.25) is 10.0 Å². The Labute approximate surface area is 163 Å². The van der Waals surface area contributed by atoms with Crippen LogP contribution in [0.15, 0.2) is 29.4 Å². The summed E-state index contributed by atoms with van der Waals surface area (Å²) in [6.07, 6.45) is 7.72. The van der Waals surface area contributed by atoms with Gasteiger partial charge in [-0.25, -0.2) is 4.68 Å². The molecule has 0 amide bonds. The number of aryl methyl sites for hydroxylation is 1. The second-order valence-electron chi connectivity index (χ2n) is 7.03. The van der Waals surface area contributed by atoms with Crippen LogP contribution in [0.1, 0.15) is 44.6 Å². The van der Waals surface area contributed by atoms with Gasteiger partial charge in [-0.05, 0) is 37.5 Å². The third kappa shape index (κ3) is 3.19. The quantitative estimate of drug-likeness (QED) is 0.741. The normalized spacial score (nSPS) is 19.9. The first kappa shape index (κ1) is 17.7. The molecule has 1 spiro atoms. The van der Waals surface area contributed by atoms with Crippen LogP contribution in [0.25, 0.3) is 0 Å². The predicted octanol–water partition coefficient (Wildman–Crippen LogP) is 5.35. The van der Waals surface area contributed by atoms with E-state index >= 15 is 0 Å². The molecule has 1 fully saturated rings. The maximum atomic E-state index is 6.14. The third-order valence-electron chi connectivity index (χ3n) is 5.31. The smallest absolute Gasteiger partial charge is 0.149 e. The van der Waals surface area contributed by atoms with Gasteiger partial charge in [-0.15, -0.1) is 0 Å². The molecular formula is C19H23Cl2N5. The third-order valence-corrected chi connectivity index (χ3v) is 6.05. The van der Waals surface area contributed by atoms with E-state index in [1.54, 1.807) is 0 Å². The SMILES string of the molecule is CCn1ncc2c1NC1(CCCCC1)C(=NCc1ccc(Cl)c(Cl)c1)N2. The van der Waals surface area contributed by atoms with Crippen LogP contribution < -0.4 is 10.6 Å². The molecule has 4 rings (SSSR count). The maximum absolute atomic E-state index is 6.14. The minimum atomic E-state index is -0.131. The molecule has 2 N–H and O–H groups in total. The van der Waals surface area contributed by atoms with Crippen molar-refractivity contribution in [3.8, 4) is 0 Å². The largest absolute Gasteiger partial charge is 0.356 e. The van der Waals surface area contributed by atoms with Crippen molar-refractivity contribution in [2.45, 2.75) is 57.7 Å². The van der Waals surface area contributed by atoms with Gasteiger partial charge in [-0.3, -0.25) is 4.99 Å². The molecule has 2 aromatic rings. The van der Waals surface area contributed by atoms with Crippen LogP contribution in [0.4, 0.5) is 11.5 Å². The zero-order valence-electron chi connectivity index (χ0n) is 14.9. The highest BCUT2D eigenvalue weighted by Gasteiger charge is 2.42. The molecule has 0 bridgehead atoms. The molecule has 1 aliphatic heterocycles. The number of hydrogen-bond acceptors (Lipinski definition) is 3. The zero-order chi connectivity index (χ0) is 18.1. The molecule has 1 saturated carbocycles. The van der Waals surface area contributed by atoms with Gasteiger partial charge in [0.2, 0.25) is 0 Å². The van der Waals surface area contributed by atoms with Crippen molar-refractivity contribution in [2.24, 2.45) is 4.99 Å². The maximum Gasteiger partial charge on any atom is 0.149 e. The van der Waals surface area contributed by atoms with E-state index in [4.69, 9.17) is 28.2 Å². The van der Waals surface area contributed by atoms with Crippen molar-refractivity contribution in [1.29, 1.82) is 0 Å². The van der Waals surface area contributed by atoms with Crippen molar-refractivity contribution < 1.29 is 0 Å². The molecule has 2 heterocycles. The van der Waals surface area contributed by atoms with Crippen molar-refractivity contribution in [3.63, 3.8) is 0 Å². The zero-order valence-corrected chi connectivity index (χ0v) is 16.4. The Morgan fingerprint density at radius 2 is 2.00 bits per heavy atom. The van der Waals surface area contributed by atoms with Gasteiger partial charge >= 0.3 is 0 Å². The van der Waals surface area contributed by atoms with E-state index in [9.17, 15) is 0 Å². The van der Waals surface area contributed by atoms with E-state index < -0.39 is 0 Å². The average molecular weight is 392 g/mol. The highest BCUT2D eigenvalue weighted by atomic mass is 35.5. The number of anilines is 2. The molecule has 0 radical (unpaired) electrons. The molecule has 1 aromatic carbocycles. The number of nitrogens with one attached hydrogen (secondary N) is 2. The lowest BCUT2D eigenvalue weighted by Gasteiger charge is -2.43. The van der Waals surface area contributed by atoms with Gasteiger partial charge in [-0.1, -0.05) is 48.5 Å². The van der Waals surface area contributed by atoms with Gasteiger partial charge < -0.3 is 10.6 Å². The number of rotatable bonds is 3. The summed E-state index contributed by atoms with van der Waals surface area (Å²) in [5, 5.41) is 12.9. The first-order valence-corrected chi connectivity index (χ1v) is 9.97. The summed E-state index contributed by atoms with van der Waals surface area (Å²) >= 11 is 12.2. The summed E-state index contributed by atoms with van der Waals surface area (Å²) in [6, 6.07) is 5.69. The van der Waals surface area contributed by atoms with Crippen molar-refractivity contribution in [2.75, 3.05) is 10.6 Å². The molecule has 138 valence electrons. The molecule has 26 heavy (non-hydrogen) atoms. The van der Waals surface area contributed by atoms with Crippen molar-refractivity contribution in [3.05, 3.63) is 40.0 Å². The summed E-state index contributed by atoms with van der Waals surface area (Å²) in [7, 11) is 0. The lowest BCUT2D eigenvalue weighted by atomic mass is 9.79. The Bertz CT molecular complexity index is 836. The number of aliphatic imine (C=N–C) groups is 1. The number of aromatic nitrogens is 2. The number of fused-ring (bicyclic) bond motifs is 1. The highest BCUT2D eigenvalue weighted by Crippen LogP contribution is 2.39. The summed E-state index contributed by atoms with van der Waals surface area (Å²) in [5.74, 6) is 2.08. The number of hydrogen-bond donors (Lipinski definition) is 2. The van der Waals surface area contributed by atoms with E-state index in [2.05, 4.69) is 22.7 Å². The van der Waals surface area contributed by atoms with Gasteiger partial charge in [-0.2, -0.15) is 5.10 Å². The molecule has 0 atom stereocenters. The molecule has 7 heteroatoms. The lowest BCUT2D eigenvalue weighted by molar-refractivity contribution is 0.399. The van der Waals surface area contributed by atoms with E-state index in [-0.39, 0.29) is 5.54 Å². The van der Waals surface area contributed by atoms with Crippen molar-refractivity contribution >= 4 is 40.5 Å². The van der Waals surface area contributed by atoms with Crippen LogP contribution in [0.5, 0.6) is 0 Å². The van der Waals surface area contributed by atoms with E-state index in [1.807, 2.05) is 29.1 Å². The van der Waals surface area contributed by atoms with Crippen LogP contribution >= 0.6 is 23.2 Å². The molecule has 5 nitrogen and oxygen atoms in total. The number of amidine groups is 1. The monoisotopic (exact) mass is 391 g/mol. The van der Waals surface area contributed by atoms with Crippen molar-refractivity contribution in [1.82, 2.24) is 9.78 Å². The minimum absolute atomic E-state index is 0.131. The standard InChI is InChI=1S/C19H23Cl2N5/c1-2-26-17-16(12-23-26)24-18(19(25-17)8-4-3-5-9-19)22-11-13-6-7-14(20)15(21)10-13/h6-7,10,12,25H,2-5,8-9,11H2,1H3,(H,22,24). The molecule has 1 aliphatic carbocycles. The summed E-state index contributed by atoms with van der Waals surface area (Å²) in [4.78, 5) is 4.94. The van der Waals surface area contributed by atoms with Gasteiger partial charge in [0.1, 0.15) is 17.3 Å². The number of benzene rings is 1. The first-order valence-electron chi connectivity index (χ1n) is 9.21. The second kappa shape index (κ2) is 7.12. The van der Waals surface area contributed by atoms with Crippen LogP contribution in [0, 0.1) is 0 Å². The van der Waals surface area contributed by atoms with E-state index in [0.717, 1.165) is 42.3 Å². The van der Waals surface area contributed by atoms with Gasteiger partial charge in [0, 0.05) is 6.54 Å². The fourth-order valence-corrected chi connectivity index (χ4v) is 4.22. The Balaban J connectivity index is 1.66. The summed E-state index contributed by atoms with van der Waals surface area (Å²) in [5.41, 5.74) is 1.92. The van der Waals surface area contributed by atoms with Crippen LogP contribution in [-0.2, 0) is 13.1 Å².